The van der Waals surface area contributed by atoms with Crippen molar-refractivity contribution in [1.82, 2.24) is 0 Å². The Kier molecular flexibility index (Phi) is 4.27. The Morgan fingerprint density at radius 3 is 1.94 bits per heavy atom. The second-order valence-corrected chi connectivity index (χ2v) is 5.72. The zero-order valence-electron chi connectivity index (χ0n) is 11.8. The quantitative estimate of drug-likeness (QED) is 0.743. The van der Waals surface area contributed by atoms with Crippen molar-refractivity contribution in [2.24, 2.45) is 0 Å². The molecule has 0 bridgehead atoms. The van der Waals surface area contributed by atoms with E-state index in [0.29, 0.717) is 6.04 Å². The first kappa shape index (κ1) is 13.7. The Hall–Kier alpha value is -1.38. The topological polar surface area (TPSA) is 36.1 Å². The van der Waals surface area contributed by atoms with Gasteiger partial charge in [0, 0.05) is 35.7 Å². The van der Waals surface area contributed by atoms with Gasteiger partial charge < -0.3 is 16.0 Å². The van der Waals surface area contributed by atoms with E-state index in [-0.39, 0.29) is 5.54 Å². The van der Waals surface area contributed by atoms with Crippen LogP contribution in [0.1, 0.15) is 34.6 Å². The fourth-order valence-electron chi connectivity index (χ4n) is 1.69. The standard InChI is InChI=1S/C14H25N3/c1-10(2)16-12-7-11(15-6)8-13(9-12)17-14(3,4)5/h7-10,15-17H,1-6H3. The largest absolute Gasteiger partial charge is 0.388 e. The van der Waals surface area contributed by atoms with E-state index < -0.39 is 0 Å². The molecule has 0 aliphatic carbocycles. The molecule has 0 heterocycles. The lowest BCUT2D eigenvalue weighted by molar-refractivity contribution is 0.634. The second kappa shape index (κ2) is 5.30. The summed E-state index contributed by atoms with van der Waals surface area (Å²) in [5, 5.41) is 10.1. The molecular formula is C14H25N3. The molecule has 1 aromatic rings. The minimum Gasteiger partial charge on any atom is -0.388 e. The Bertz CT molecular complexity index is 364. The molecule has 0 saturated carbocycles. The molecule has 0 saturated heterocycles. The van der Waals surface area contributed by atoms with Crippen LogP contribution in [0.15, 0.2) is 18.2 Å². The van der Waals surface area contributed by atoms with E-state index in [4.69, 9.17) is 0 Å². The van der Waals surface area contributed by atoms with Gasteiger partial charge in [-0.15, -0.1) is 0 Å². The summed E-state index contributed by atoms with van der Waals surface area (Å²) in [6, 6.07) is 6.82. The SMILES string of the molecule is CNc1cc(NC(C)C)cc(NC(C)(C)C)c1. The second-order valence-electron chi connectivity index (χ2n) is 5.72. The number of hydrogen-bond acceptors (Lipinski definition) is 3. The molecule has 3 nitrogen and oxygen atoms in total. The van der Waals surface area contributed by atoms with Crippen LogP contribution in [0.2, 0.25) is 0 Å². The molecule has 3 heteroatoms. The number of anilines is 3. The Morgan fingerprint density at radius 2 is 1.47 bits per heavy atom. The van der Waals surface area contributed by atoms with Gasteiger partial charge in [-0.25, -0.2) is 0 Å². The highest BCUT2D eigenvalue weighted by Crippen LogP contribution is 2.25. The molecule has 1 rings (SSSR count). The van der Waals surface area contributed by atoms with Crippen molar-refractivity contribution in [2.75, 3.05) is 23.0 Å². The van der Waals surface area contributed by atoms with Crippen LogP contribution in [0, 0.1) is 0 Å². The summed E-state index contributed by atoms with van der Waals surface area (Å²) in [6.07, 6.45) is 0. The molecule has 0 aliphatic heterocycles. The van der Waals surface area contributed by atoms with Crippen LogP contribution in [-0.4, -0.2) is 18.6 Å². The van der Waals surface area contributed by atoms with Crippen molar-refractivity contribution in [3.63, 3.8) is 0 Å². The first-order valence-electron chi connectivity index (χ1n) is 6.18. The predicted molar refractivity (Wildman–Crippen MR) is 78.1 cm³/mol. The van der Waals surface area contributed by atoms with E-state index in [0.717, 1.165) is 17.1 Å². The summed E-state index contributed by atoms with van der Waals surface area (Å²) in [5.41, 5.74) is 3.45. The van der Waals surface area contributed by atoms with Gasteiger partial charge in [0.1, 0.15) is 0 Å². The summed E-state index contributed by atoms with van der Waals surface area (Å²) in [4.78, 5) is 0. The van der Waals surface area contributed by atoms with E-state index >= 15 is 0 Å². The minimum absolute atomic E-state index is 0.0709. The monoisotopic (exact) mass is 235 g/mol. The van der Waals surface area contributed by atoms with Gasteiger partial charge in [0.15, 0.2) is 0 Å². The van der Waals surface area contributed by atoms with Crippen molar-refractivity contribution in [1.29, 1.82) is 0 Å². The molecule has 0 amide bonds. The summed E-state index contributed by atoms with van der Waals surface area (Å²) in [5.74, 6) is 0. The third-order valence-corrected chi connectivity index (χ3v) is 2.20. The summed E-state index contributed by atoms with van der Waals surface area (Å²) in [6.45, 7) is 10.8. The highest BCUT2D eigenvalue weighted by atomic mass is 15.0. The highest BCUT2D eigenvalue weighted by molar-refractivity contribution is 5.67. The zero-order chi connectivity index (χ0) is 13.1. The van der Waals surface area contributed by atoms with Gasteiger partial charge in [0.05, 0.1) is 0 Å². The number of rotatable bonds is 4. The normalized spacial score (nSPS) is 11.5. The fraction of sp³-hybridized carbons (Fsp3) is 0.571. The maximum atomic E-state index is 3.49. The van der Waals surface area contributed by atoms with Crippen LogP contribution in [0.5, 0.6) is 0 Å². The molecule has 1 aromatic carbocycles. The molecule has 96 valence electrons. The first-order chi connectivity index (χ1) is 7.80. The molecule has 3 N–H and O–H groups in total. The summed E-state index contributed by atoms with van der Waals surface area (Å²) < 4.78 is 0. The summed E-state index contributed by atoms with van der Waals surface area (Å²) >= 11 is 0. The van der Waals surface area contributed by atoms with Gasteiger partial charge >= 0.3 is 0 Å². The fourth-order valence-corrected chi connectivity index (χ4v) is 1.69. The van der Waals surface area contributed by atoms with Gasteiger partial charge in [-0.1, -0.05) is 0 Å². The molecule has 0 fully saturated rings. The van der Waals surface area contributed by atoms with E-state index in [1.54, 1.807) is 0 Å². The zero-order valence-corrected chi connectivity index (χ0v) is 11.8. The maximum Gasteiger partial charge on any atom is 0.0385 e. The maximum absolute atomic E-state index is 3.49. The third-order valence-electron chi connectivity index (χ3n) is 2.20. The number of nitrogens with one attached hydrogen (secondary N) is 3. The average Bonchev–Trinajstić information content (AvgIpc) is 2.13. The van der Waals surface area contributed by atoms with Crippen molar-refractivity contribution < 1.29 is 0 Å². The molecule has 17 heavy (non-hydrogen) atoms. The van der Waals surface area contributed by atoms with E-state index in [9.17, 15) is 0 Å². The van der Waals surface area contributed by atoms with Gasteiger partial charge in [0.25, 0.3) is 0 Å². The number of benzene rings is 1. The van der Waals surface area contributed by atoms with E-state index in [2.05, 4.69) is 68.8 Å². The van der Waals surface area contributed by atoms with Crippen LogP contribution >= 0.6 is 0 Å². The van der Waals surface area contributed by atoms with Crippen LogP contribution in [0.4, 0.5) is 17.1 Å². The van der Waals surface area contributed by atoms with Gasteiger partial charge in [-0.3, -0.25) is 0 Å². The first-order valence-corrected chi connectivity index (χ1v) is 6.18. The van der Waals surface area contributed by atoms with Gasteiger partial charge in [0.2, 0.25) is 0 Å². The predicted octanol–water partition coefficient (Wildman–Crippen LogP) is 3.76. The molecule has 0 radical (unpaired) electrons. The molecule has 0 atom stereocenters. The van der Waals surface area contributed by atoms with Crippen molar-refractivity contribution in [2.45, 2.75) is 46.2 Å². The van der Waals surface area contributed by atoms with Gasteiger partial charge in [-0.05, 0) is 52.8 Å². The van der Waals surface area contributed by atoms with Crippen LogP contribution < -0.4 is 16.0 Å². The Balaban J connectivity index is 2.97. The molecule has 0 aromatic heterocycles. The van der Waals surface area contributed by atoms with E-state index in [1.165, 1.54) is 0 Å². The Labute approximate surface area is 105 Å². The number of hydrogen-bond donors (Lipinski definition) is 3. The van der Waals surface area contributed by atoms with Crippen LogP contribution in [-0.2, 0) is 0 Å². The van der Waals surface area contributed by atoms with Gasteiger partial charge in [-0.2, -0.15) is 0 Å². The Morgan fingerprint density at radius 1 is 0.941 bits per heavy atom. The van der Waals surface area contributed by atoms with Crippen molar-refractivity contribution in [3.8, 4) is 0 Å². The molecule has 0 spiro atoms. The lowest BCUT2D eigenvalue weighted by Gasteiger charge is -2.23. The highest BCUT2D eigenvalue weighted by Gasteiger charge is 2.10. The minimum atomic E-state index is 0.0709. The van der Waals surface area contributed by atoms with Crippen molar-refractivity contribution >= 4 is 17.1 Å². The lowest BCUT2D eigenvalue weighted by atomic mass is 10.1. The van der Waals surface area contributed by atoms with Crippen LogP contribution in [0.3, 0.4) is 0 Å². The lowest BCUT2D eigenvalue weighted by Crippen LogP contribution is -2.26. The van der Waals surface area contributed by atoms with Crippen molar-refractivity contribution in [3.05, 3.63) is 18.2 Å². The molecular weight excluding hydrogens is 210 g/mol. The smallest absolute Gasteiger partial charge is 0.0385 e. The van der Waals surface area contributed by atoms with Crippen LogP contribution in [0.25, 0.3) is 0 Å². The molecule has 0 unspecified atom stereocenters. The van der Waals surface area contributed by atoms with E-state index in [1.807, 2.05) is 7.05 Å². The summed E-state index contributed by atoms with van der Waals surface area (Å²) in [7, 11) is 1.94. The third kappa shape index (κ3) is 4.98. The molecule has 0 aliphatic rings. The average molecular weight is 235 g/mol.